The number of amides is 2. The van der Waals surface area contributed by atoms with Crippen LogP contribution in [0.3, 0.4) is 0 Å². The van der Waals surface area contributed by atoms with Crippen LogP contribution in [0.5, 0.6) is 0 Å². The maximum absolute atomic E-state index is 12.3. The maximum atomic E-state index is 12.3. The third-order valence-electron chi connectivity index (χ3n) is 4.38. The summed E-state index contributed by atoms with van der Waals surface area (Å²) in [5.41, 5.74) is 2.07. The Kier molecular flexibility index (Phi) is 5.48. The van der Waals surface area contributed by atoms with Gasteiger partial charge >= 0.3 is 6.03 Å². The minimum absolute atomic E-state index is 0.0535. The molecule has 1 saturated heterocycles. The van der Waals surface area contributed by atoms with Crippen molar-refractivity contribution in [1.82, 2.24) is 15.2 Å². The molecule has 0 bridgehead atoms. The van der Waals surface area contributed by atoms with Crippen molar-refractivity contribution in [3.8, 4) is 10.6 Å². The summed E-state index contributed by atoms with van der Waals surface area (Å²) in [6, 6.07) is 10.0. The number of thiazole rings is 1. The maximum Gasteiger partial charge on any atom is 0.317 e. The van der Waals surface area contributed by atoms with Crippen molar-refractivity contribution >= 4 is 17.4 Å². The molecule has 128 valence electrons. The van der Waals surface area contributed by atoms with Crippen molar-refractivity contribution in [2.45, 2.75) is 26.3 Å². The Morgan fingerprint density at radius 1 is 1.42 bits per heavy atom. The van der Waals surface area contributed by atoms with E-state index in [2.05, 4.69) is 10.3 Å². The molecule has 1 aliphatic rings. The fourth-order valence-electron chi connectivity index (χ4n) is 2.96. The third-order valence-corrected chi connectivity index (χ3v) is 5.58. The summed E-state index contributed by atoms with van der Waals surface area (Å²) in [4.78, 5) is 19.8. The quantitative estimate of drug-likeness (QED) is 0.895. The average molecular weight is 345 g/mol. The van der Waals surface area contributed by atoms with Crippen LogP contribution in [0.1, 0.15) is 23.4 Å². The van der Waals surface area contributed by atoms with E-state index in [0.29, 0.717) is 13.1 Å². The number of hydrogen-bond acceptors (Lipinski definition) is 4. The van der Waals surface area contributed by atoms with Crippen LogP contribution in [0.25, 0.3) is 10.6 Å². The van der Waals surface area contributed by atoms with Gasteiger partial charge in [-0.3, -0.25) is 0 Å². The van der Waals surface area contributed by atoms with Gasteiger partial charge in [-0.15, -0.1) is 11.3 Å². The molecule has 0 saturated carbocycles. The fourth-order valence-corrected chi connectivity index (χ4v) is 3.97. The molecule has 2 amide bonds. The van der Waals surface area contributed by atoms with Crippen LogP contribution in [0, 0.1) is 12.8 Å². The predicted molar refractivity (Wildman–Crippen MR) is 95.9 cm³/mol. The summed E-state index contributed by atoms with van der Waals surface area (Å²) in [5, 5.41) is 13.3. The number of aromatic nitrogens is 1. The van der Waals surface area contributed by atoms with Crippen molar-refractivity contribution in [2.75, 3.05) is 19.7 Å². The van der Waals surface area contributed by atoms with Gasteiger partial charge < -0.3 is 15.3 Å². The highest BCUT2D eigenvalue weighted by molar-refractivity contribution is 7.15. The van der Waals surface area contributed by atoms with Crippen LogP contribution in [0.4, 0.5) is 4.79 Å². The van der Waals surface area contributed by atoms with Gasteiger partial charge in [-0.25, -0.2) is 9.78 Å². The van der Waals surface area contributed by atoms with Gasteiger partial charge in [0.2, 0.25) is 0 Å². The van der Waals surface area contributed by atoms with E-state index in [1.165, 1.54) is 0 Å². The van der Waals surface area contributed by atoms with E-state index in [-0.39, 0.29) is 18.6 Å². The lowest BCUT2D eigenvalue weighted by Gasteiger charge is -2.31. The lowest BCUT2D eigenvalue weighted by molar-refractivity contribution is 0.129. The van der Waals surface area contributed by atoms with Gasteiger partial charge in [0.05, 0.1) is 12.2 Å². The van der Waals surface area contributed by atoms with Gasteiger partial charge in [0.15, 0.2) is 0 Å². The first-order valence-corrected chi connectivity index (χ1v) is 9.14. The van der Waals surface area contributed by atoms with E-state index in [0.717, 1.165) is 40.5 Å². The van der Waals surface area contributed by atoms with Crippen LogP contribution in [0.15, 0.2) is 30.3 Å². The summed E-state index contributed by atoms with van der Waals surface area (Å²) in [6.07, 6.45) is 1.95. The molecule has 24 heavy (non-hydrogen) atoms. The van der Waals surface area contributed by atoms with E-state index in [4.69, 9.17) is 0 Å². The van der Waals surface area contributed by atoms with E-state index >= 15 is 0 Å². The van der Waals surface area contributed by atoms with Gasteiger partial charge in [0, 0.05) is 30.1 Å². The number of nitrogens with one attached hydrogen (secondary N) is 1. The third kappa shape index (κ3) is 3.94. The Labute approximate surface area is 146 Å². The summed E-state index contributed by atoms with van der Waals surface area (Å²) in [7, 11) is 0. The van der Waals surface area contributed by atoms with E-state index in [1.54, 1.807) is 16.2 Å². The molecule has 6 heteroatoms. The van der Waals surface area contributed by atoms with E-state index < -0.39 is 0 Å². The number of benzene rings is 1. The molecule has 0 unspecified atom stereocenters. The molecule has 1 fully saturated rings. The van der Waals surface area contributed by atoms with Crippen molar-refractivity contribution in [2.24, 2.45) is 5.92 Å². The van der Waals surface area contributed by atoms with Gasteiger partial charge in [-0.1, -0.05) is 30.3 Å². The number of piperidine rings is 1. The molecule has 2 N–H and O–H groups in total. The average Bonchev–Trinajstić information content (AvgIpc) is 3.01. The largest absolute Gasteiger partial charge is 0.396 e. The molecule has 1 aliphatic heterocycles. The number of likely N-dealkylation sites (tertiary alicyclic amines) is 1. The number of rotatable bonds is 4. The fraction of sp³-hybridized carbons (Fsp3) is 0.444. The second kappa shape index (κ2) is 7.77. The zero-order valence-corrected chi connectivity index (χ0v) is 14.7. The standard InChI is InChI=1S/C18H23N3O2S/c1-13-16(24-17(20-13)15-7-3-2-4-8-15)10-19-18(23)21-9-5-6-14(11-21)12-22/h2-4,7-8,14,22H,5-6,9-12H2,1H3,(H,19,23)/t14-/m1/s1. The summed E-state index contributed by atoms with van der Waals surface area (Å²) in [5.74, 6) is 0.208. The van der Waals surface area contributed by atoms with E-state index in [9.17, 15) is 9.90 Å². The van der Waals surface area contributed by atoms with Crippen LogP contribution in [-0.2, 0) is 6.54 Å². The van der Waals surface area contributed by atoms with Crippen molar-refractivity contribution in [3.05, 3.63) is 40.9 Å². The first-order valence-electron chi connectivity index (χ1n) is 8.32. The first-order chi connectivity index (χ1) is 11.7. The monoisotopic (exact) mass is 345 g/mol. The molecule has 5 nitrogen and oxygen atoms in total. The van der Waals surface area contributed by atoms with Crippen LogP contribution in [-0.4, -0.2) is 40.7 Å². The number of nitrogens with zero attached hydrogens (tertiary/aromatic N) is 2. The number of aryl methyl sites for hydroxylation is 1. The molecule has 0 aliphatic carbocycles. The minimum atomic E-state index is -0.0535. The molecule has 3 rings (SSSR count). The topological polar surface area (TPSA) is 65.5 Å². The van der Waals surface area contributed by atoms with Gasteiger partial charge in [-0.05, 0) is 25.7 Å². The van der Waals surface area contributed by atoms with Gasteiger partial charge in [-0.2, -0.15) is 0 Å². The lowest BCUT2D eigenvalue weighted by atomic mass is 9.99. The van der Waals surface area contributed by atoms with Crippen molar-refractivity contribution in [1.29, 1.82) is 0 Å². The number of carbonyl (C=O) groups is 1. The Balaban J connectivity index is 1.60. The van der Waals surface area contributed by atoms with Crippen molar-refractivity contribution < 1.29 is 9.90 Å². The summed E-state index contributed by atoms with van der Waals surface area (Å²) in [6.45, 7) is 4.03. The summed E-state index contributed by atoms with van der Waals surface area (Å²) >= 11 is 1.62. The SMILES string of the molecule is Cc1nc(-c2ccccc2)sc1CNC(=O)N1CCC[C@@H](CO)C1. The van der Waals surface area contributed by atoms with Crippen LogP contribution < -0.4 is 5.32 Å². The zero-order chi connectivity index (χ0) is 16.9. The second-order valence-corrected chi connectivity index (χ2v) is 7.27. The molecule has 2 heterocycles. The zero-order valence-electron chi connectivity index (χ0n) is 13.9. The molecule has 1 atom stereocenters. The first kappa shape index (κ1) is 16.9. The molecule has 1 aromatic carbocycles. The van der Waals surface area contributed by atoms with Crippen LogP contribution in [0.2, 0.25) is 0 Å². The molecule has 0 spiro atoms. The summed E-state index contributed by atoms with van der Waals surface area (Å²) < 4.78 is 0. The molecular formula is C18H23N3O2S. The molecular weight excluding hydrogens is 322 g/mol. The Morgan fingerprint density at radius 3 is 2.96 bits per heavy atom. The number of aliphatic hydroxyl groups excluding tert-OH is 1. The smallest absolute Gasteiger partial charge is 0.317 e. The number of aliphatic hydroxyl groups is 1. The number of hydrogen-bond donors (Lipinski definition) is 2. The van der Waals surface area contributed by atoms with Gasteiger partial charge in [0.25, 0.3) is 0 Å². The Morgan fingerprint density at radius 2 is 2.21 bits per heavy atom. The highest BCUT2D eigenvalue weighted by atomic mass is 32.1. The van der Waals surface area contributed by atoms with Gasteiger partial charge in [0.1, 0.15) is 5.01 Å². The van der Waals surface area contributed by atoms with Crippen molar-refractivity contribution in [3.63, 3.8) is 0 Å². The normalized spacial score (nSPS) is 17.8. The van der Waals surface area contributed by atoms with Crippen LogP contribution >= 0.6 is 11.3 Å². The number of carbonyl (C=O) groups excluding carboxylic acids is 1. The Hall–Kier alpha value is -1.92. The second-order valence-electron chi connectivity index (χ2n) is 6.19. The number of urea groups is 1. The minimum Gasteiger partial charge on any atom is -0.396 e. The predicted octanol–water partition coefficient (Wildman–Crippen LogP) is 3.03. The molecule has 1 aromatic heterocycles. The highest BCUT2D eigenvalue weighted by Gasteiger charge is 2.23. The molecule has 2 aromatic rings. The highest BCUT2D eigenvalue weighted by Crippen LogP contribution is 2.27. The molecule has 0 radical (unpaired) electrons. The lowest BCUT2D eigenvalue weighted by Crippen LogP contribution is -2.45. The van der Waals surface area contributed by atoms with E-state index in [1.807, 2.05) is 37.3 Å². The Bertz CT molecular complexity index is 687.